The molecule has 0 saturated heterocycles. The van der Waals surface area contributed by atoms with Crippen LogP contribution in [0.4, 0.5) is 0 Å². The zero-order valence-corrected chi connectivity index (χ0v) is 12.6. The number of hydrogen-bond donors (Lipinski definition) is 1. The molecule has 1 aliphatic rings. The lowest BCUT2D eigenvalue weighted by Gasteiger charge is -2.23. The largest absolute Gasteiger partial charge is 0.469 e. The van der Waals surface area contributed by atoms with Crippen LogP contribution in [0.5, 0.6) is 11.5 Å². The summed E-state index contributed by atoms with van der Waals surface area (Å²) in [5.74, 6) is 0.404. The molecule has 2 rings (SSSR count). The maximum atomic E-state index is 12.5. The minimum Gasteiger partial charge on any atom is -0.469 e. The highest BCUT2D eigenvalue weighted by atomic mass is 16.7. The predicted molar refractivity (Wildman–Crippen MR) is 76.8 cm³/mol. The van der Waals surface area contributed by atoms with E-state index in [0.29, 0.717) is 17.1 Å². The number of amides is 1. The molecule has 1 heterocycles. The molecule has 0 aromatic heterocycles. The first-order chi connectivity index (χ1) is 10.5. The average molecular weight is 309 g/mol. The summed E-state index contributed by atoms with van der Waals surface area (Å²) < 4.78 is 15.0. The minimum atomic E-state index is -0.699. The van der Waals surface area contributed by atoms with Gasteiger partial charge in [-0.2, -0.15) is 0 Å². The summed E-state index contributed by atoms with van der Waals surface area (Å²) in [4.78, 5) is 25.2. The van der Waals surface area contributed by atoms with Gasteiger partial charge in [-0.1, -0.05) is 0 Å². The second kappa shape index (κ2) is 7.13. The van der Waals surface area contributed by atoms with E-state index in [4.69, 9.17) is 9.47 Å². The number of fused-ring (bicyclic) bond motifs is 1. The van der Waals surface area contributed by atoms with Gasteiger partial charge in [0.1, 0.15) is 0 Å². The fourth-order valence-electron chi connectivity index (χ4n) is 2.14. The maximum absolute atomic E-state index is 12.5. The first kappa shape index (κ1) is 16.1. The van der Waals surface area contributed by atoms with Crippen LogP contribution in [0.3, 0.4) is 0 Å². The van der Waals surface area contributed by atoms with Gasteiger partial charge < -0.3 is 24.2 Å². The summed E-state index contributed by atoms with van der Waals surface area (Å²) in [5.41, 5.74) is 0.412. The summed E-state index contributed by atoms with van der Waals surface area (Å²) in [6.45, 7) is 2.01. The van der Waals surface area contributed by atoms with E-state index in [1.54, 1.807) is 25.1 Å². The van der Waals surface area contributed by atoms with Crippen molar-refractivity contribution >= 4 is 11.9 Å². The quantitative estimate of drug-likeness (QED) is 0.782. The number of hydrogen-bond acceptors (Lipinski definition) is 6. The Morgan fingerprint density at radius 3 is 2.77 bits per heavy atom. The van der Waals surface area contributed by atoms with E-state index in [2.05, 4.69) is 4.74 Å². The predicted octanol–water partition coefficient (Wildman–Crippen LogP) is 0.801. The molecule has 0 bridgehead atoms. The topological polar surface area (TPSA) is 85.3 Å². The normalized spacial score (nSPS) is 13.6. The zero-order valence-electron chi connectivity index (χ0n) is 12.6. The number of nitrogens with zero attached hydrogens (tertiary/aromatic N) is 1. The fourth-order valence-corrected chi connectivity index (χ4v) is 2.14. The van der Waals surface area contributed by atoms with Crippen molar-refractivity contribution in [2.24, 2.45) is 0 Å². The van der Waals surface area contributed by atoms with Crippen molar-refractivity contribution in [1.29, 1.82) is 0 Å². The summed E-state index contributed by atoms with van der Waals surface area (Å²) in [5, 5.41) is 9.54. The van der Waals surface area contributed by atoms with E-state index in [1.165, 1.54) is 12.0 Å². The van der Waals surface area contributed by atoms with Gasteiger partial charge in [-0.3, -0.25) is 9.59 Å². The maximum Gasteiger partial charge on any atom is 0.307 e. The van der Waals surface area contributed by atoms with Gasteiger partial charge in [0.15, 0.2) is 11.5 Å². The molecule has 0 fully saturated rings. The highest BCUT2D eigenvalue weighted by Crippen LogP contribution is 2.32. The molecule has 7 nitrogen and oxygen atoms in total. The number of rotatable bonds is 6. The lowest BCUT2D eigenvalue weighted by atomic mass is 10.1. The Hall–Kier alpha value is -2.28. The van der Waals surface area contributed by atoms with Crippen LogP contribution >= 0.6 is 0 Å². The van der Waals surface area contributed by atoms with Crippen LogP contribution in [0.15, 0.2) is 18.2 Å². The van der Waals surface area contributed by atoms with Crippen LogP contribution in [-0.4, -0.2) is 55.0 Å². The second-order valence-corrected chi connectivity index (χ2v) is 4.99. The van der Waals surface area contributed by atoms with Gasteiger partial charge in [0.25, 0.3) is 5.91 Å². The van der Waals surface area contributed by atoms with E-state index in [9.17, 15) is 14.7 Å². The number of aliphatic hydroxyl groups is 1. The van der Waals surface area contributed by atoms with Gasteiger partial charge in [-0.05, 0) is 25.1 Å². The van der Waals surface area contributed by atoms with Crippen molar-refractivity contribution in [2.75, 3.05) is 27.0 Å². The molecule has 7 heteroatoms. The molecular weight excluding hydrogens is 290 g/mol. The van der Waals surface area contributed by atoms with Gasteiger partial charge in [-0.25, -0.2) is 0 Å². The van der Waals surface area contributed by atoms with Crippen molar-refractivity contribution < 1.29 is 28.9 Å². The molecule has 120 valence electrons. The van der Waals surface area contributed by atoms with Gasteiger partial charge in [0.05, 0.1) is 19.6 Å². The van der Waals surface area contributed by atoms with Gasteiger partial charge in [-0.15, -0.1) is 0 Å². The lowest BCUT2D eigenvalue weighted by Crippen LogP contribution is -2.38. The first-order valence-corrected chi connectivity index (χ1v) is 6.95. The van der Waals surface area contributed by atoms with E-state index >= 15 is 0 Å². The molecule has 1 aliphatic heterocycles. The fraction of sp³-hybridized carbons (Fsp3) is 0.467. The number of carbonyl (C=O) groups is 2. The number of carbonyl (C=O) groups excluding carboxylic acids is 2. The number of esters is 1. The third-order valence-corrected chi connectivity index (χ3v) is 3.20. The first-order valence-electron chi connectivity index (χ1n) is 6.95. The van der Waals surface area contributed by atoms with Crippen LogP contribution in [0.1, 0.15) is 23.7 Å². The molecule has 1 atom stereocenters. The number of ether oxygens (including phenoxy) is 3. The van der Waals surface area contributed by atoms with Crippen LogP contribution in [0, 0.1) is 0 Å². The van der Waals surface area contributed by atoms with Crippen molar-refractivity contribution in [1.82, 2.24) is 4.90 Å². The Labute approximate surface area is 128 Å². The summed E-state index contributed by atoms with van der Waals surface area (Å²) in [7, 11) is 1.29. The molecule has 0 spiro atoms. The third-order valence-electron chi connectivity index (χ3n) is 3.20. The number of aliphatic hydroxyl groups excluding tert-OH is 1. The molecule has 1 unspecified atom stereocenters. The number of benzene rings is 1. The Morgan fingerprint density at radius 1 is 1.36 bits per heavy atom. The number of methoxy groups -OCH3 is 1. The van der Waals surface area contributed by atoms with Crippen LogP contribution < -0.4 is 9.47 Å². The smallest absolute Gasteiger partial charge is 0.307 e. The third kappa shape index (κ3) is 3.88. The van der Waals surface area contributed by atoms with Crippen molar-refractivity contribution in [3.8, 4) is 11.5 Å². The second-order valence-electron chi connectivity index (χ2n) is 4.99. The van der Waals surface area contributed by atoms with Gasteiger partial charge in [0.2, 0.25) is 6.79 Å². The van der Waals surface area contributed by atoms with E-state index in [-0.39, 0.29) is 32.2 Å². The van der Waals surface area contributed by atoms with E-state index in [0.717, 1.165) is 0 Å². The van der Waals surface area contributed by atoms with Gasteiger partial charge >= 0.3 is 5.97 Å². The molecule has 1 aromatic carbocycles. The Morgan fingerprint density at radius 2 is 2.09 bits per heavy atom. The summed E-state index contributed by atoms with van der Waals surface area (Å²) >= 11 is 0. The van der Waals surface area contributed by atoms with E-state index in [1.807, 2.05) is 0 Å². The van der Waals surface area contributed by atoms with E-state index < -0.39 is 12.1 Å². The standard InChI is InChI=1S/C15H19NO6/c1-10(17)8-16(6-5-14(18)20-2)15(19)11-3-4-12-13(7-11)22-9-21-12/h3-4,7,10,17H,5-6,8-9H2,1-2H3. The van der Waals surface area contributed by atoms with Crippen molar-refractivity contribution in [3.05, 3.63) is 23.8 Å². The monoisotopic (exact) mass is 309 g/mol. The van der Waals surface area contributed by atoms with Crippen LogP contribution in [0.2, 0.25) is 0 Å². The Balaban J connectivity index is 2.11. The molecule has 1 aromatic rings. The zero-order chi connectivity index (χ0) is 16.1. The molecular formula is C15H19NO6. The summed E-state index contributed by atoms with van der Waals surface area (Å²) in [6, 6.07) is 4.89. The molecule has 0 saturated carbocycles. The average Bonchev–Trinajstić information content (AvgIpc) is 2.97. The molecule has 1 amide bonds. The van der Waals surface area contributed by atoms with Crippen molar-refractivity contribution in [3.63, 3.8) is 0 Å². The molecule has 0 radical (unpaired) electrons. The lowest BCUT2D eigenvalue weighted by molar-refractivity contribution is -0.140. The molecule has 1 N–H and O–H groups in total. The Kier molecular flexibility index (Phi) is 5.21. The highest BCUT2D eigenvalue weighted by Gasteiger charge is 2.22. The van der Waals surface area contributed by atoms with Crippen LogP contribution in [-0.2, 0) is 9.53 Å². The van der Waals surface area contributed by atoms with Gasteiger partial charge in [0, 0.05) is 18.7 Å². The highest BCUT2D eigenvalue weighted by molar-refractivity contribution is 5.95. The molecule has 22 heavy (non-hydrogen) atoms. The molecule has 0 aliphatic carbocycles. The van der Waals surface area contributed by atoms with Crippen LogP contribution in [0.25, 0.3) is 0 Å². The van der Waals surface area contributed by atoms with Crippen molar-refractivity contribution in [2.45, 2.75) is 19.4 Å². The summed E-state index contributed by atoms with van der Waals surface area (Å²) in [6.07, 6.45) is -0.630. The SMILES string of the molecule is COC(=O)CCN(CC(C)O)C(=O)c1ccc2c(c1)OCO2. The Bertz CT molecular complexity index is 557. The minimum absolute atomic E-state index is 0.0690.